The summed E-state index contributed by atoms with van der Waals surface area (Å²) in [6.07, 6.45) is 3.54. The van der Waals surface area contributed by atoms with E-state index in [0.717, 1.165) is 28.2 Å². The average molecular weight is 400 g/mol. The Kier molecular flexibility index (Phi) is 4.80. The van der Waals surface area contributed by atoms with Gasteiger partial charge in [-0.25, -0.2) is 4.98 Å². The van der Waals surface area contributed by atoms with Crippen LogP contribution < -0.4 is 4.18 Å². The van der Waals surface area contributed by atoms with Gasteiger partial charge in [0.15, 0.2) is 0 Å². The van der Waals surface area contributed by atoms with Gasteiger partial charge >= 0.3 is 15.6 Å². The van der Waals surface area contributed by atoms with E-state index in [4.69, 9.17) is 0 Å². The van der Waals surface area contributed by atoms with Gasteiger partial charge in [0.25, 0.3) is 0 Å². The maximum absolute atomic E-state index is 12.3. The van der Waals surface area contributed by atoms with Gasteiger partial charge in [0.05, 0.1) is 17.2 Å². The molecule has 0 atom stereocenters. The molecule has 5 nitrogen and oxygen atoms in total. The van der Waals surface area contributed by atoms with Crippen molar-refractivity contribution in [1.29, 1.82) is 0 Å². The average Bonchev–Trinajstić information content (AvgIpc) is 2.60. The highest BCUT2D eigenvalue weighted by Gasteiger charge is 2.48. The number of halogens is 3. The highest BCUT2D eigenvalue weighted by atomic mass is 32.2. The zero-order valence-electron chi connectivity index (χ0n) is 13.2. The summed E-state index contributed by atoms with van der Waals surface area (Å²) in [5, 5.41) is 0.789. The van der Waals surface area contributed by atoms with Crippen molar-refractivity contribution in [3.05, 3.63) is 48.7 Å². The predicted molar refractivity (Wildman–Crippen MR) is 92.4 cm³/mol. The van der Waals surface area contributed by atoms with Gasteiger partial charge in [0.2, 0.25) is 0 Å². The molecule has 0 fully saturated rings. The minimum atomic E-state index is -5.68. The second-order valence-electron chi connectivity index (χ2n) is 5.12. The standard InChI is InChI=1S/C16H11F3N2O3S2/c1-25-15-9-20-14-8-11(4-7-13(14)21-15)10-2-5-12(6-3-10)24-26(22,23)16(17,18)19/h2-9H,1H3. The van der Waals surface area contributed by atoms with Crippen LogP contribution in [0.1, 0.15) is 0 Å². The van der Waals surface area contributed by atoms with Crippen molar-refractivity contribution in [2.24, 2.45) is 0 Å². The van der Waals surface area contributed by atoms with Crippen molar-refractivity contribution in [3.63, 3.8) is 0 Å². The molecule has 0 aliphatic heterocycles. The smallest absolute Gasteiger partial charge is 0.376 e. The first-order valence-corrected chi connectivity index (χ1v) is 9.75. The molecule has 0 spiro atoms. The molecule has 0 radical (unpaired) electrons. The fourth-order valence-electron chi connectivity index (χ4n) is 2.15. The number of nitrogens with zero attached hydrogens (tertiary/aromatic N) is 2. The molecular formula is C16H11F3N2O3S2. The lowest BCUT2D eigenvalue weighted by atomic mass is 10.0. The lowest BCUT2D eigenvalue weighted by Crippen LogP contribution is -2.28. The molecular weight excluding hydrogens is 389 g/mol. The quantitative estimate of drug-likeness (QED) is 0.371. The van der Waals surface area contributed by atoms with E-state index in [1.54, 1.807) is 24.4 Å². The maximum atomic E-state index is 12.3. The molecule has 0 saturated heterocycles. The molecule has 3 aromatic rings. The van der Waals surface area contributed by atoms with Crippen molar-refractivity contribution in [1.82, 2.24) is 9.97 Å². The second kappa shape index (κ2) is 6.76. The molecule has 0 aliphatic rings. The van der Waals surface area contributed by atoms with Gasteiger partial charge in [-0.1, -0.05) is 18.2 Å². The summed E-state index contributed by atoms with van der Waals surface area (Å²) in [5.74, 6) is -0.420. The van der Waals surface area contributed by atoms with Gasteiger partial charge in [-0.05, 0) is 41.6 Å². The second-order valence-corrected chi connectivity index (χ2v) is 7.49. The lowest BCUT2D eigenvalue weighted by molar-refractivity contribution is -0.0500. The van der Waals surface area contributed by atoms with E-state index in [-0.39, 0.29) is 0 Å². The van der Waals surface area contributed by atoms with E-state index in [9.17, 15) is 21.6 Å². The van der Waals surface area contributed by atoms with Crippen LogP contribution in [0.5, 0.6) is 5.75 Å². The molecule has 136 valence electrons. The van der Waals surface area contributed by atoms with Gasteiger partial charge < -0.3 is 4.18 Å². The monoisotopic (exact) mass is 400 g/mol. The van der Waals surface area contributed by atoms with E-state index < -0.39 is 21.4 Å². The topological polar surface area (TPSA) is 69.2 Å². The van der Waals surface area contributed by atoms with Crippen LogP contribution in [-0.4, -0.2) is 30.1 Å². The molecule has 0 amide bonds. The van der Waals surface area contributed by atoms with Crippen LogP contribution in [0.3, 0.4) is 0 Å². The molecule has 1 heterocycles. The molecule has 3 rings (SSSR count). The summed E-state index contributed by atoms with van der Waals surface area (Å²) in [6, 6.07) is 10.6. The Morgan fingerprint density at radius 3 is 2.27 bits per heavy atom. The SMILES string of the molecule is CSc1cnc2cc(-c3ccc(OS(=O)(=O)C(F)(F)F)cc3)ccc2n1. The van der Waals surface area contributed by atoms with Gasteiger partial charge in [-0.3, -0.25) is 4.98 Å². The summed E-state index contributed by atoms with van der Waals surface area (Å²) in [6.45, 7) is 0. The Morgan fingerprint density at radius 2 is 1.65 bits per heavy atom. The molecule has 0 unspecified atom stereocenters. The van der Waals surface area contributed by atoms with Crippen LogP contribution >= 0.6 is 11.8 Å². The molecule has 2 aromatic carbocycles. The highest BCUT2D eigenvalue weighted by Crippen LogP contribution is 2.29. The van der Waals surface area contributed by atoms with Crippen LogP contribution in [0.4, 0.5) is 13.2 Å². The fourth-order valence-corrected chi connectivity index (χ4v) is 2.96. The molecule has 26 heavy (non-hydrogen) atoms. The lowest BCUT2D eigenvalue weighted by Gasteiger charge is -2.10. The summed E-state index contributed by atoms with van der Waals surface area (Å²) >= 11 is 1.48. The van der Waals surface area contributed by atoms with Crippen molar-refractivity contribution < 1.29 is 25.8 Å². The third kappa shape index (κ3) is 3.75. The van der Waals surface area contributed by atoms with Crippen LogP contribution in [0.15, 0.2) is 53.7 Å². The van der Waals surface area contributed by atoms with Gasteiger partial charge in [0, 0.05) is 0 Å². The van der Waals surface area contributed by atoms with Crippen LogP contribution in [0.25, 0.3) is 22.2 Å². The number of fused-ring (bicyclic) bond motifs is 1. The normalized spacial score (nSPS) is 12.3. The summed E-state index contributed by atoms with van der Waals surface area (Å²) < 4.78 is 63.1. The molecule has 10 heteroatoms. The molecule has 0 N–H and O–H groups in total. The van der Waals surface area contributed by atoms with Gasteiger partial charge in [-0.15, -0.1) is 11.8 Å². The van der Waals surface area contributed by atoms with Crippen molar-refractivity contribution in [2.75, 3.05) is 6.26 Å². The van der Waals surface area contributed by atoms with E-state index in [0.29, 0.717) is 11.1 Å². The zero-order chi connectivity index (χ0) is 18.9. The fraction of sp³-hybridized carbons (Fsp3) is 0.125. The number of hydrogen-bond donors (Lipinski definition) is 0. The number of alkyl halides is 3. The van der Waals surface area contributed by atoms with E-state index in [1.807, 2.05) is 6.26 Å². The van der Waals surface area contributed by atoms with Gasteiger partial charge in [-0.2, -0.15) is 21.6 Å². The van der Waals surface area contributed by atoms with Crippen molar-refractivity contribution in [2.45, 2.75) is 10.5 Å². The Hall–Kier alpha value is -2.33. The Balaban J connectivity index is 1.88. The largest absolute Gasteiger partial charge is 0.534 e. The number of thioether (sulfide) groups is 1. The minimum Gasteiger partial charge on any atom is -0.376 e. The first kappa shape index (κ1) is 18.5. The highest BCUT2D eigenvalue weighted by molar-refractivity contribution is 7.98. The first-order valence-electron chi connectivity index (χ1n) is 7.11. The third-order valence-corrected chi connectivity index (χ3v) is 5.00. The Labute approximate surface area is 151 Å². The van der Waals surface area contributed by atoms with Crippen molar-refractivity contribution >= 4 is 32.9 Å². The number of aromatic nitrogens is 2. The Morgan fingerprint density at radius 1 is 1.00 bits per heavy atom. The number of benzene rings is 2. The third-order valence-electron chi connectivity index (χ3n) is 3.41. The molecule has 0 saturated carbocycles. The van der Waals surface area contributed by atoms with E-state index in [1.165, 1.54) is 23.9 Å². The van der Waals surface area contributed by atoms with Crippen LogP contribution in [0, 0.1) is 0 Å². The van der Waals surface area contributed by atoms with Crippen molar-refractivity contribution in [3.8, 4) is 16.9 Å². The summed E-state index contributed by atoms with van der Waals surface area (Å²) in [7, 11) is -5.68. The number of hydrogen-bond acceptors (Lipinski definition) is 6. The van der Waals surface area contributed by atoms with E-state index in [2.05, 4.69) is 14.2 Å². The van der Waals surface area contributed by atoms with Gasteiger partial charge in [0.1, 0.15) is 10.8 Å². The summed E-state index contributed by atoms with van der Waals surface area (Å²) in [5.41, 5.74) is -2.66. The molecule has 1 aromatic heterocycles. The van der Waals surface area contributed by atoms with E-state index >= 15 is 0 Å². The minimum absolute atomic E-state index is 0.420. The first-order chi connectivity index (χ1) is 12.2. The molecule has 0 bridgehead atoms. The predicted octanol–water partition coefficient (Wildman–Crippen LogP) is 4.25. The zero-order valence-corrected chi connectivity index (χ0v) is 14.8. The van der Waals surface area contributed by atoms with Crippen LogP contribution in [0.2, 0.25) is 0 Å². The number of rotatable bonds is 4. The van der Waals surface area contributed by atoms with Crippen LogP contribution in [-0.2, 0) is 10.1 Å². The Bertz CT molecular complexity index is 1050. The maximum Gasteiger partial charge on any atom is 0.534 e. The summed E-state index contributed by atoms with van der Waals surface area (Å²) in [4.78, 5) is 8.73. The molecule has 0 aliphatic carbocycles.